The number of hydrogen-bond acceptors (Lipinski definition) is 5. The zero-order chi connectivity index (χ0) is 38.9. The van der Waals surface area contributed by atoms with Gasteiger partial charge in [-0.2, -0.15) is 0 Å². The lowest BCUT2D eigenvalue weighted by atomic mass is 9.95. The first-order chi connectivity index (χ1) is 29.3. The van der Waals surface area contributed by atoms with Gasteiger partial charge >= 0.3 is 0 Å². The van der Waals surface area contributed by atoms with E-state index in [1.54, 1.807) is 0 Å². The molecule has 12 rings (SSSR count). The zero-order valence-electron chi connectivity index (χ0n) is 31.8. The third kappa shape index (κ3) is 5.33. The van der Waals surface area contributed by atoms with Gasteiger partial charge in [0.2, 0.25) is 0 Å². The minimum atomic E-state index is 0.863. The molecule has 0 N–H and O–H groups in total. The molecule has 0 atom stereocenters. The SMILES string of the molecule is c1ccc(-c2ccc(N(c3ccc(-c4ccc(N5c6ccccc6-c6nccc7c6c5nc5ccccc57)cc4)cc3)c3cccc4oc5ccccc5c34)cc2)cc1. The van der Waals surface area contributed by atoms with Crippen LogP contribution < -0.4 is 9.80 Å². The highest BCUT2D eigenvalue weighted by atomic mass is 16.3. The van der Waals surface area contributed by atoms with Gasteiger partial charge in [-0.3, -0.25) is 9.88 Å². The van der Waals surface area contributed by atoms with Gasteiger partial charge in [0.05, 0.1) is 33.4 Å². The first-order valence-corrected chi connectivity index (χ1v) is 19.9. The van der Waals surface area contributed by atoms with Crippen LogP contribution in [0.1, 0.15) is 0 Å². The molecule has 4 heterocycles. The van der Waals surface area contributed by atoms with E-state index in [4.69, 9.17) is 14.4 Å². The first kappa shape index (κ1) is 33.2. The van der Waals surface area contributed by atoms with Crippen molar-refractivity contribution in [3.63, 3.8) is 0 Å². The van der Waals surface area contributed by atoms with Crippen LogP contribution in [-0.4, -0.2) is 9.97 Å². The Kier molecular flexibility index (Phi) is 7.47. The molecule has 3 aromatic heterocycles. The predicted molar refractivity (Wildman–Crippen MR) is 244 cm³/mol. The van der Waals surface area contributed by atoms with E-state index >= 15 is 0 Å². The fraction of sp³-hybridized carbons (Fsp3) is 0. The van der Waals surface area contributed by atoms with E-state index in [1.165, 1.54) is 11.1 Å². The lowest BCUT2D eigenvalue weighted by molar-refractivity contribution is 0.669. The third-order valence-electron chi connectivity index (χ3n) is 11.6. The summed E-state index contributed by atoms with van der Waals surface area (Å²) in [6, 6.07) is 70.6. The number of anilines is 6. The average molecular weight is 755 g/mol. The quantitative estimate of drug-likeness (QED) is 0.158. The maximum Gasteiger partial charge on any atom is 0.148 e. The number of rotatable bonds is 6. The number of benzene rings is 8. The van der Waals surface area contributed by atoms with Gasteiger partial charge in [-0.25, -0.2) is 4.98 Å². The Labute approximate surface area is 340 Å². The largest absolute Gasteiger partial charge is 0.456 e. The molecule has 0 amide bonds. The van der Waals surface area contributed by atoms with Gasteiger partial charge in [-0.05, 0) is 100 Å². The van der Waals surface area contributed by atoms with Gasteiger partial charge in [0.25, 0.3) is 0 Å². The average Bonchev–Trinajstić information content (AvgIpc) is 3.70. The van der Waals surface area contributed by atoms with E-state index in [0.29, 0.717) is 0 Å². The van der Waals surface area contributed by atoms with Crippen LogP contribution in [0.3, 0.4) is 0 Å². The van der Waals surface area contributed by atoms with Crippen LogP contribution in [0.25, 0.3) is 77.1 Å². The molecule has 0 spiro atoms. The molecule has 0 aliphatic carbocycles. The number of hydrogen-bond donors (Lipinski definition) is 0. The van der Waals surface area contributed by atoms with E-state index in [9.17, 15) is 0 Å². The van der Waals surface area contributed by atoms with Crippen LogP contribution in [-0.2, 0) is 0 Å². The normalized spacial score (nSPS) is 12.0. The van der Waals surface area contributed by atoms with Crippen molar-refractivity contribution in [3.8, 4) is 33.5 Å². The van der Waals surface area contributed by atoms with Crippen LogP contribution in [0, 0.1) is 0 Å². The number of fused-ring (bicyclic) bond motifs is 7. The minimum Gasteiger partial charge on any atom is -0.456 e. The van der Waals surface area contributed by atoms with Crippen LogP contribution >= 0.6 is 0 Å². The summed E-state index contributed by atoms with van der Waals surface area (Å²) in [4.78, 5) is 14.8. The van der Waals surface area contributed by atoms with Gasteiger partial charge < -0.3 is 9.32 Å². The van der Waals surface area contributed by atoms with E-state index in [1.807, 2.05) is 18.3 Å². The van der Waals surface area contributed by atoms with Crippen molar-refractivity contribution in [1.82, 2.24) is 9.97 Å². The number of pyridine rings is 2. The maximum absolute atomic E-state index is 6.36. The van der Waals surface area contributed by atoms with Gasteiger partial charge in [0, 0.05) is 39.6 Å². The molecule has 276 valence electrons. The molecule has 0 bridgehead atoms. The van der Waals surface area contributed by atoms with Gasteiger partial charge in [0.1, 0.15) is 17.0 Å². The molecule has 0 saturated carbocycles. The molecule has 1 aliphatic heterocycles. The minimum absolute atomic E-state index is 0.863. The molecular weight excluding hydrogens is 721 g/mol. The van der Waals surface area contributed by atoms with Crippen molar-refractivity contribution in [2.75, 3.05) is 9.80 Å². The van der Waals surface area contributed by atoms with E-state index < -0.39 is 0 Å². The second-order valence-corrected chi connectivity index (χ2v) is 15.0. The highest BCUT2D eigenvalue weighted by molar-refractivity contribution is 6.19. The lowest BCUT2D eigenvalue weighted by Gasteiger charge is -2.32. The molecule has 59 heavy (non-hydrogen) atoms. The monoisotopic (exact) mass is 754 g/mol. The summed E-state index contributed by atoms with van der Waals surface area (Å²) in [5.74, 6) is 0.898. The lowest BCUT2D eigenvalue weighted by Crippen LogP contribution is -2.17. The van der Waals surface area contributed by atoms with Crippen molar-refractivity contribution >= 4 is 77.9 Å². The summed E-state index contributed by atoms with van der Waals surface area (Å²) < 4.78 is 6.36. The summed E-state index contributed by atoms with van der Waals surface area (Å²) in [6.45, 7) is 0. The van der Waals surface area contributed by atoms with Crippen LogP contribution in [0.15, 0.2) is 211 Å². The second kappa shape index (κ2) is 13.3. The topological polar surface area (TPSA) is 45.4 Å². The third-order valence-corrected chi connectivity index (χ3v) is 11.6. The summed E-state index contributed by atoms with van der Waals surface area (Å²) in [5.41, 5.74) is 14.7. The summed E-state index contributed by atoms with van der Waals surface area (Å²) in [5, 5.41) is 5.54. The first-order valence-electron chi connectivity index (χ1n) is 19.9. The van der Waals surface area contributed by atoms with Crippen LogP contribution in [0.4, 0.5) is 34.3 Å². The fourth-order valence-electron chi connectivity index (χ4n) is 8.90. The van der Waals surface area contributed by atoms with Crippen molar-refractivity contribution in [2.45, 2.75) is 0 Å². The molecular formula is C54H34N4O. The van der Waals surface area contributed by atoms with Crippen molar-refractivity contribution in [3.05, 3.63) is 206 Å². The van der Waals surface area contributed by atoms with E-state index in [0.717, 1.165) is 100 Å². The number of aromatic nitrogens is 2. The molecule has 0 radical (unpaired) electrons. The zero-order valence-corrected chi connectivity index (χ0v) is 31.8. The molecule has 5 nitrogen and oxygen atoms in total. The Bertz CT molecular complexity index is 3370. The summed E-state index contributed by atoms with van der Waals surface area (Å²) in [6.07, 6.45) is 1.92. The molecule has 8 aromatic carbocycles. The summed E-state index contributed by atoms with van der Waals surface area (Å²) >= 11 is 0. The van der Waals surface area contributed by atoms with Crippen LogP contribution in [0.5, 0.6) is 0 Å². The van der Waals surface area contributed by atoms with Gasteiger partial charge in [-0.1, -0.05) is 127 Å². The standard InChI is InChI=1S/C54H34N4O/c1-2-11-35(12-3-1)36-21-27-39(28-22-36)57(48-18-10-20-50-51(48)45-15-6-9-19-49(45)59-50)40-29-23-37(24-30-40)38-25-31-41(32-26-38)58-47-17-8-5-14-44(47)53-52-43(33-34-55-53)42-13-4-7-16-46(42)56-54(52)58/h1-34H. The van der Waals surface area contributed by atoms with Crippen molar-refractivity contribution in [1.29, 1.82) is 0 Å². The molecule has 0 fully saturated rings. The fourth-order valence-corrected chi connectivity index (χ4v) is 8.90. The molecule has 0 unspecified atom stereocenters. The number of furan rings is 1. The Morgan fingerprint density at radius 3 is 1.81 bits per heavy atom. The van der Waals surface area contributed by atoms with Gasteiger partial charge in [-0.15, -0.1) is 0 Å². The van der Waals surface area contributed by atoms with E-state index in [2.05, 4.69) is 198 Å². The maximum atomic E-state index is 6.36. The van der Waals surface area contributed by atoms with Gasteiger partial charge in [0.15, 0.2) is 0 Å². The highest BCUT2D eigenvalue weighted by Gasteiger charge is 2.29. The summed E-state index contributed by atoms with van der Waals surface area (Å²) in [7, 11) is 0. The Hall–Kier alpha value is -8.02. The van der Waals surface area contributed by atoms with Crippen molar-refractivity contribution in [2.24, 2.45) is 0 Å². The molecule has 0 saturated heterocycles. The highest BCUT2D eigenvalue weighted by Crippen LogP contribution is 2.51. The second-order valence-electron chi connectivity index (χ2n) is 15.0. The Balaban J connectivity index is 0.941. The number of nitrogens with zero attached hydrogens (tertiary/aromatic N) is 4. The van der Waals surface area contributed by atoms with Crippen LogP contribution in [0.2, 0.25) is 0 Å². The number of para-hydroxylation sites is 3. The Morgan fingerprint density at radius 1 is 0.441 bits per heavy atom. The van der Waals surface area contributed by atoms with Crippen molar-refractivity contribution < 1.29 is 4.42 Å². The predicted octanol–water partition coefficient (Wildman–Crippen LogP) is 14.9. The molecule has 11 aromatic rings. The Morgan fingerprint density at radius 2 is 1.05 bits per heavy atom. The smallest absolute Gasteiger partial charge is 0.148 e. The molecule has 1 aliphatic rings. The van der Waals surface area contributed by atoms with E-state index in [-0.39, 0.29) is 0 Å². The molecule has 5 heteroatoms.